The number of hydrogen-bond acceptors (Lipinski definition) is 2. The van der Waals surface area contributed by atoms with Gasteiger partial charge in [0, 0.05) is 0 Å². The number of thiol groups is 1. The summed E-state index contributed by atoms with van der Waals surface area (Å²) in [6, 6.07) is 5.78. The summed E-state index contributed by atoms with van der Waals surface area (Å²) in [7, 11) is 1.62. The Balaban J connectivity index is 2.89. The molecule has 0 spiro atoms. The van der Waals surface area contributed by atoms with Crippen molar-refractivity contribution in [2.24, 2.45) is 0 Å². The molecule has 0 amide bonds. The molecule has 0 atom stereocenters. The van der Waals surface area contributed by atoms with E-state index in [1.165, 1.54) is 5.56 Å². The average Bonchev–Trinajstić information content (AvgIpc) is 2.09. The van der Waals surface area contributed by atoms with Gasteiger partial charge in [0.2, 0.25) is 0 Å². The van der Waals surface area contributed by atoms with Gasteiger partial charge in [-0.15, -0.1) is 0 Å². The van der Waals surface area contributed by atoms with Crippen LogP contribution in [0.1, 0.15) is 5.56 Å². The second kappa shape index (κ2) is 4.63. The first-order chi connectivity index (χ1) is 5.77. The van der Waals surface area contributed by atoms with Gasteiger partial charge >= 0.3 is 0 Å². The van der Waals surface area contributed by atoms with E-state index >= 15 is 0 Å². The summed E-state index contributed by atoms with van der Waals surface area (Å²) in [5.74, 6) is 1.57. The molecule has 0 aromatic heterocycles. The quantitative estimate of drug-likeness (QED) is 0.742. The Morgan fingerprint density at radius 3 is 2.83 bits per heavy atom. The number of ether oxygens (including phenoxy) is 1. The zero-order valence-electron chi connectivity index (χ0n) is 6.88. The standard InChI is InChI=1S/C9H11ClOS/c1-11-9-6-7(4-5-12)2-3-8(9)10/h2-3,6,12H,4-5H2,1H3. The molecule has 1 aromatic carbocycles. The molecule has 1 aromatic rings. The van der Waals surface area contributed by atoms with Crippen molar-refractivity contribution in [3.63, 3.8) is 0 Å². The summed E-state index contributed by atoms with van der Waals surface area (Å²) >= 11 is 10.00. The Labute approximate surface area is 83.1 Å². The maximum atomic E-state index is 5.85. The topological polar surface area (TPSA) is 9.23 Å². The van der Waals surface area contributed by atoms with Crippen LogP contribution in [0.15, 0.2) is 18.2 Å². The van der Waals surface area contributed by atoms with Crippen LogP contribution in [0, 0.1) is 0 Å². The predicted octanol–water partition coefficient (Wildman–Crippen LogP) is 2.82. The van der Waals surface area contributed by atoms with Gasteiger partial charge in [0.05, 0.1) is 12.1 Å². The highest BCUT2D eigenvalue weighted by atomic mass is 35.5. The zero-order chi connectivity index (χ0) is 8.97. The fraction of sp³-hybridized carbons (Fsp3) is 0.333. The Morgan fingerprint density at radius 1 is 1.50 bits per heavy atom. The van der Waals surface area contributed by atoms with Crippen molar-refractivity contribution in [3.8, 4) is 5.75 Å². The molecule has 0 saturated carbocycles. The molecular formula is C9H11ClOS. The van der Waals surface area contributed by atoms with Crippen LogP contribution in [-0.2, 0) is 6.42 Å². The highest BCUT2D eigenvalue weighted by Crippen LogP contribution is 2.25. The minimum Gasteiger partial charge on any atom is -0.495 e. The molecule has 0 fully saturated rings. The van der Waals surface area contributed by atoms with Gasteiger partial charge < -0.3 is 4.74 Å². The first kappa shape index (κ1) is 9.75. The third-order valence-electron chi connectivity index (χ3n) is 1.62. The largest absolute Gasteiger partial charge is 0.495 e. The molecule has 0 unspecified atom stereocenters. The summed E-state index contributed by atoms with van der Waals surface area (Å²) < 4.78 is 5.08. The van der Waals surface area contributed by atoms with Crippen LogP contribution in [0.5, 0.6) is 5.75 Å². The summed E-state index contributed by atoms with van der Waals surface area (Å²) in [5.41, 5.74) is 1.20. The van der Waals surface area contributed by atoms with E-state index in [-0.39, 0.29) is 0 Å². The first-order valence-corrected chi connectivity index (χ1v) is 4.72. The van der Waals surface area contributed by atoms with Gasteiger partial charge in [-0.25, -0.2) is 0 Å². The Morgan fingerprint density at radius 2 is 2.25 bits per heavy atom. The Kier molecular flexibility index (Phi) is 3.76. The van der Waals surface area contributed by atoms with Crippen LogP contribution in [0.25, 0.3) is 0 Å². The first-order valence-electron chi connectivity index (χ1n) is 3.71. The van der Waals surface area contributed by atoms with Crippen LogP contribution >= 0.6 is 24.2 Å². The van der Waals surface area contributed by atoms with E-state index in [0.29, 0.717) is 5.02 Å². The minimum absolute atomic E-state index is 0.653. The molecule has 0 aliphatic carbocycles. The number of aryl methyl sites for hydroxylation is 1. The second-order valence-corrected chi connectivity index (χ2v) is 3.30. The highest BCUT2D eigenvalue weighted by molar-refractivity contribution is 7.80. The summed E-state index contributed by atoms with van der Waals surface area (Å²) in [6.45, 7) is 0. The van der Waals surface area contributed by atoms with E-state index in [1.807, 2.05) is 18.2 Å². The maximum Gasteiger partial charge on any atom is 0.137 e. The molecule has 0 radical (unpaired) electrons. The number of rotatable bonds is 3. The molecule has 0 aliphatic rings. The fourth-order valence-corrected chi connectivity index (χ4v) is 1.44. The van der Waals surface area contributed by atoms with E-state index in [1.54, 1.807) is 7.11 Å². The number of benzene rings is 1. The number of hydrogen-bond donors (Lipinski definition) is 1. The predicted molar refractivity (Wildman–Crippen MR) is 55.6 cm³/mol. The molecule has 66 valence electrons. The molecule has 1 rings (SSSR count). The van der Waals surface area contributed by atoms with Gasteiger partial charge in [-0.05, 0) is 29.9 Å². The van der Waals surface area contributed by atoms with E-state index in [0.717, 1.165) is 17.9 Å². The smallest absolute Gasteiger partial charge is 0.137 e. The molecule has 0 bridgehead atoms. The maximum absolute atomic E-state index is 5.85. The van der Waals surface area contributed by atoms with Crippen molar-refractivity contribution in [1.29, 1.82) is 0 Å². The third-order valence-corrected chi connectivity index (χ3v) is 2.15. The fourth-order valence-electron chi connectivity index (χ4n) is 0.989. The lowest BCUT2D eigenvalue weighted by Gasteiger charge is -2.04. The van der Waals surface area contributed by atoms with Crippen LogP contribution in [-0.4, -0.2) is 12.9 Å². The Bertz CT molecular complexity index is 263. The van der Waals surface area contributed by atoms with Gasteiger partial charge in [0.15, 0.2) is 0 Å². The molecule has 0 saturated heterocycles. The number of methoxy groups -OCH3 is 1. The molecule has 3 heteroatoms. The highest BCUT2D eigenvalue weighted by Gasteiger charge is 2.00. The summed E-state index contributed by atoms with van der Waals surface area (Å²) in [6.07, 6.45) is 0.941. The van der Waals surface area contributed by atoms with Gasteiger partial charge in [0.1, 0.15) is 5.75 Å². The number of halogens is 1. The van der Waals surface area contributed by atoms with Crippen molar-refractivity contribution in [2.75, 3.05) is 12.9 Å². The van der Waals surface area contributed by atoms with Crippen molar-refractivity contribution in [1.82, 2.24) is 0 Å². The van der Waals surface area contributed by atoms with Crippen LogP contribution in [0.2, 0.25) is 5.02 Å². The van der Waals surface area contributed by atoms with Crippen LogP contribution < -0.4 is 4.74 Å². The normalized spacial score (nSPS) is 9.92. The van der Waals surface area contributed by atoms with Crippen molar-refractivity contribution >= 4 is 24.2 Å². The van der Waals surface area contributed by atoms with Crippen LogP contribution in [0.3, 0.4) is 0 Å². The van der Waals surface area contributed by atoms with Crippen LogP contribution in [0.4, 0.5) is 0 Å². The molecular weight excluding hydrogens is 192 g/mol. The monoisotopic (exact) mass is 202 g/mol. The summed E-state index contributed by atoms with van der Waals surface area (Å²) in [5, 5.41) is 0.653. The Hall–Kier alpha value is -0.340. The van der Waals surface area contributed by atoms with Crippen molar-refractivity contribution in [3.05, 3.63) is 28.8 Å². The molecule has 1 nitrogen and oxygen atoms in total. The van der Waals surface area contributed by atoms with E-state index in [2.05, 4.69) is 12.6 Å². The average molecular weight is 203 g/mol. The van der Waals surface area contributed by atoms with Gasteiger partial charge in [0.25, 0.3) is 0 Å². The van der Waals surface area contributed by atoms with Gasteiger partial charge in [-0.3, -0.25) is 0 Å². The molecule has 12 heavy (non-hydrogen) atoms. The lowest BCUT2D eigenvalue weighted by molar-refractivity contribution is 0.414. The van der Waals surface area contributed by atoms with Gasteiger partial charge in [-0.2, -0.15) is 12.6 Å². The molecule has 0 N–H and O–H groups in total. The van der Waals surface area contributed by atoms with E-state index in [9.17, 15) is 0 Å². The van der Waals surface area contributed by atoms with E-state index < -0.39 is 0 Å². The zero-order valence-corrected chi connectivity index (χ0v) is 8.53. The van der Waals surface area contributed by atoms with Gasteiger partial charge in [-0.1, -0.05) is 17.7 Å². The lowest BCUT2D eigenvalue weighted by Crippen LogP contribution is -1.89. The lowest BCUT2D eigenvalue weighted by atomic mass is 10.2. The summed E-state index contributed by atoms with van der Waals surface area (Å²) in [4.78, 5) is 0. The SMILES string of the molecule is COc1cc(CCS)ccc1Cl. The second-order valence-electron chi connectivity index (χ2n) is 2.44. The molecule has 0 heterocycles. The molecule has 0 aliphatic heterocycles. The van der Waals surface area contributed by atoms with Crippen molar-refractivity contribution in [2.45, 2.75) is 6.42 Å². The minimum atomic E-state index is 0.653. The third kappa shape index (κ3) is 2.32. The van der Waals surface area contributed by atoms with E-state index in [4.69, 9.17) is 16.3 Å². The van der Waals surface area contributed by atoms with Crippen molar-refractivity contribution < 1.29 is 4.74 Å².